The standard InChI is InChI=1S/C24H33NO2S2/c26-17-16-25-24(27)14-8-7-13-23(29-20-22-11-5-2-6-12-22)15-18-28-19-21-9-3-1-4-10-21/h1-6,9-12,23,26H,7-8,13-20H2,(H,25,27). The molecule has 2 N–H and O–H groups in total. The Morgan fingerprint density at radius 2 is 1.55 bits per heavy atom. The van der Waals surface area contributed by atoms with Crippen molar-refractivity contribution in [3.8, 4) is 0 Å². The van der Waals surface area contributed by atoms with Gasteiger partial charge in [-0.3, -0.25) is 4.79 Å². The number of nitrogens with one attached hydrogen (secondary N) is 1. The Balaban J connectivity index is 1.70. The highest BCUT2D eigenvalue weighted by Crippen LogP contribution is 2.27. The van der Waals surface area contributed by atoms with E-state index in [1.807, 2.05) is 23.5 Å². The molecule has 2 aromatic rings. The van der Waals surface area contributed by atoms with E-state index in [4.69, 9.17) is 5.11 Å². The van der Waals surface area contributed by atoms with Gasteiger partial charge in [-0.1, -0.05) is 67.1 Å². The van der Waals surface area contributed by atoms with Crippen LogP contribution in [0.15, 0.2) is 60.7 Å². The second kappa shape index (κ2) is 15.4. The van der Waals surface area contributed by atoms with Crippen LogP contribution in [-0.2, 0) is 16.3 Å². The highest BCUT2D eigenvalue weighted by molar-refractivity contribution is 7.99. The number of hydrogen-bond acceptors (Lipinski definition) is 4. The Labute approximate surface area is 184 Å². The smallest absolute Gasteiger partial charge is 0.220 e. The van der Waals surface area contributed by atoms with E-state index in [-0.39, 0.29) is 12.5 Å². The Morgan fingerprint density at radius 3 is 2.21 bits per heavy atom. The van der Waals surface area contributed by atoms with E-state index >= 15 is 0 Å². The number of carbonyl (C=O) groups excluding carboxylic acids is 1. The van der Waals surface area contributed by atoms with Crippen molar-refractivity contribution in [2.75, 3.05) is 18.9 Å². The van der Waals surface area contributed by atoms with Crippen molar-refractivity contribution in [2.24, 2.45) is 0 Å². The number of rotatable bonds is 15. The predicted molar refractivity (Wildman–Crippen MR) is 127 cm³/mol. The number of carbonyl (C=O) groups is 1. The average Bonchev–Trinajstić information content (AvgIpc) is 2.77. The van der Waals surface area contributed by atoms with Gasteiger partial charge in [-0.25, -0.2) is 0 Å². The zero-order valence-electron chi connectivity index (χ0n) is 17.1. The summed E-state index contributed by atoms with van der Waals surface area (Å²) in [4.78, 5) is 11.7. The normalized spacial score (nSPS) is 11.9. The first-order valence-electron chi connectivity index (χ1n) is 10.4. The first-order chi connectivity index (χ1) is 14.3. The van der Waals surface area contributed by atoms with E-state index in [1.54, 1.807) is 0 Å². The van der Waals surface area contributed by atoms with Crippen molar-refractivity contribution in [1.29, 1.82) is 0 Å². The molecule has 5 heteroatoms. The summed E-state index contributed by atoms with van der Waals surface area (Å²) in [5, 5.41) is 12.1. The number of unbranched alkanes of at least 4 members (excludes halogenated alkanes) is 1. The number of hydrogen-bond donors (Lipinski definition) is 2. The molecule has 0 radical (unpaired) electrons. The molecule has 0 spiro atoms. The summed E-state index contributed by atoms with van der Waals surface area (Å²) >= 11 is 4.06. The van der Waals surface area contributed by atoms with Crippen molar-refractivity contribution in [3.63, 3.8) is 0 Å². The second-order valence-corrected chi connectivity index (χ2v) is 9.46. The third-order valence-corrected chi connectivity index (χ3v) is 7.14. The maximum absolute atomic E-state index is 11.7. The van der Waals surface area contributed by atoms with Gasteiger partial charge in [0.2, 0.25) is 5.91 Å². The van der Waals surface area contributed by atoms with E-state index in [9.17, 15) is 4.79 Å². The molecule has 0 aliphatic carbocycles. The molecule has 3 nitrogen and oxygen atoms in total. The van der Waals surface area contributed by atoms with Gasteiger partial charge in [0.15, 0.2) is 0 Å². The van der Waals surface area contributed by atoms with Gasteiger partial charge in [-0.2, -0.15) is 23.5 Å². The van der Waals surface area contributed by atoms with Crippen LogP contribution in [0, 0.1) is 0 Å². The molecule has 1 atom stereocenters. The van der Waals surface area contributed by atoms with Crippen LogP contribution in [0.2, 0.25) is 0 Å². The molecule has 0 saturated carbocycles. The van der Waals surface area contributed by atoms with Crippen molar-refractivity contribution < 1.29 is 9.90 Å². The van der Waals surface area contributed by atoms with E-state index in [2.05, 4.69) is 66.0 Å². The summed E-state index contributed by atoms with van der Waals surface area (Å²) in [5.74, 6) is 3.33. The Morgan fingerprint density at radius 1 is 0.897 bits per heavy atom. The number of benzene rings is 2. The average molecular weight is 432 g/mol. The molecule has 1 unspecified atom stereocenters. The lowest BCUT2D eigenvalue weighted by Crippen LogP contribution is -2.25. The zero-order valence-corrected chi connectivity index (χ0v) is 18.7. The fourth-order valence-electron chi connectivity index (χ4n) is 3.02. The lowest BCUT2D eigenvalue weighted by atomic mass is 10.1. The van der Waals surface area contributed by atoms with Crippen molar-refractivity contribution >= 4 is 29.4 Å². The van der Waals surface area contributed by atoms with Crippen LogP contribution in [0.25, 0.3) is 0 Å². The molecule has 2 aromatic carbocycles. The van der Waals surface area contributed by atoms with Gasteiger partial charge in [0.25, 0.3) is 0 Å². The molecule has 0 aliphatic rings. The minimum absolute atomic E-state index is 0.00455. The first-order valence-corrected chi connectivity index (χ1v) is 12.6. The topological polar surface area (TPSA) is 49.3 Å². The molecule has 2 rings (SSSR count). The highest BCUT2D eigenvalue weighted by atomic mass is 32.2. The van der Waals surface area contributed by atoms with E-state index < -0.39 is 0 Å². The summed E-state index contributed by atoms with van der Waals surface area (Å²) in [6.07, 6.45) is 4.89. The zero-order chi connectivity index (χ0) is 20.6. The molecule has 0 heterocycles. The van der Waals surface area contributed by atoms with Gasteiger partial charge in [-0.05, 0) is 36.1 Å². The van der Waals surface area contributed by atoms with E-state index in [0.717, 1.165) is 30.8 Å². The van der Waals surface area contributed by atoms with Gasteiger partial charge >= 0.3 is 0 Å². The van der Waals surface area contributed by atoms with Crippen LogP contribution in [0.3, 0.4) is 0 Å². The van der Waals surface area contributed by atoms with Gasteiger partial charge in [0.1, 0.15) is 0 Å². The second-order valence-electron chi connectivity index (χ2n) is 7.06. The summed E-state index contributed by atoms with van der Waals surface area (Å²) < 4.78 is 0. The van der Waals surface area contributed by atoms with Crippen LogP contribution < -0.4 is 5.32 Å². The number of amides is 1. The maximum Gasteiger partial charge on any atom is 0.220 e. The largest absolute Gasteiger partial charge is 0.395 e. The third kappa shape index (κ3) is 11.4. The Bertz CT molecular complexity index is 667. The summed E-state index contributed by atoms with van der Waals surface area (Å²) in [6, 6.07) is 21.3. The fraction of sp³-hybridized carbons (Fsp3) is 0.458. The number of thioether (sulfide) groups is 2. The summed E-state index contributed by atoms with van der Waals surface area (Å²) in [5.41, 5.74) is 2.77. The van der Waals surface area contributed by atoms with Crippen LogP contribution >= 0.6 is 23.5 Å². The maximum atomic E-state index is 11.7. The third-order valence-electron chi connectivity index (χ3n) is 4.64. The van der Waals surface area contributed by atoms with Crippen molar-refractivity contribution in [3.05, 3.63) is 71.8 Å². The molecular formula is C24H33NO2S2. The molecule has 0 fully saturated rings. The SMILES string of the molecule is O=C(CCCCC(CCSCc1ccccc1)SCc1ccccc1)NCCO. The van der Waals surface area contributed by atoms with Gasteiger partial charge < -0.3 is 10.4 Å². The van der Waals surface area contributed by atoms with Gasteiger partial charge in [0, 0.05) is 29.7 Å². The minimum Gasteiger partial charge on any atom is -0.395 e. The molecule has 0 bridgehead atoms. The van der Waals surface area contributed by atoms with Crippen LogP contribution in [0.1, 0.15) is 43.2 Å². The van der Waals surface area contributed by atoms with E-state index in [1.165, 1.54) is 23.3 Å². The lowest BCUT2D eigenvalue weighted by Gasteiger charge is -2.17. The summed E-state index contributed by atoms with van der Waals surface area (Å²) in [7, 11) is 0. The van der Waals surface area contributed by atoms with Crippen LogP contribution in [-0.4, -0.2) is 35.2 Å². The quantitative estimate of drug-likeness (QED) is 0.377. The molecule has 158 valence electrons. The first kappa shape index (κ1) is 23.8. The van der Waals surface area contributed by atoms with Crippen LogP contribution in [0.5, 0.6) is 0 Å². The Kier molecular flexibility index (Phi) is 12.7. The molecular weight excluding hydrogens is 398 g/mol. The number of aliphatic hydroxyl groups excluding tert-OH is 1. The summed E-state index contributed by atoms with van der Waals surface area (Å²) in [6.45, 7) is 0.359. The molecule has 1 amide bonds. The molecule has 0 aliphatic heterocycles. The number of aliphatic hydroxyl groups is 1. The van der Waals surface area contributed by atoms with Crippen molar-refractivity contribution in [2.45, 2.75) is 48.9 Å². The predicted octanol–water partition coefficient (Wildman–Crippen LogP) is 5.28. The molecule has 0 saturated heterocycles. The molecule has 29 heavy (non-hydrogen) atoms. The molecule has 0 aromatic heterocycles. The van der Waals surface area contributed by atoms with Crippen LogP contribution in [0.4, 0.5) is 0 Å². The highest BCUT2D eigenvalue weighted by Gasteiger charge is 2.11. The van der Waals surface area contributed by atoms with Crippen molar-refractivity contribution in [1.82, 2.24) is 5.32 Å². The Hall–Kier alpha value is -1.43. The monoisotopic (exact) mass is 431 g/mol. The fourth-order valence-corrected chi connectivity index (χ4v) is 5.43. The van der Waals surface area contributed by atoms with Gasteiger partial charge in [-0.15, -0.1) is 0 Å². The van der Waals surface area contributed by atoms with Gasteiger partial charge in [0.05, 0.1) is 6.61 Å². The minimum atomic E-state index is 0.00455. The lowest BCUT2D eigenvalue weighted by molar-refractivity contribution is -0.121. The van der Waals surface area contributed by atoms with E-state index in [0.29, 0.717) is 18.2 Å².